The molecule has 0 heterocycles. The Kier molecular flexibility index (Phi) is 7.79. The van der Waals surface area contributed by atoms with Crippen molar-refractivity contribution in [2.45, 2.75) is 33.3 Å². The number of aliphatic hydroxyl groups is 1. The smallest absolute Gasteiger partial charge is 0.119 e. The Bertz CT molecular complexity index is 426. The molecular weight excluding hydrogens is 252 g/mol. The van der Waals surface area contributed by atoms with Gasteiger partial charge in [0.1, 0.15) is 19.0 Å². The predicted molar refractivity (Wildman–Crippen MR) is 80.8 cm³/mol. The van der Waals surface area contributed by atoms with Crippen LogP contribution in [0.15, 0.2) is 24.3 Å². The molecule has 1 atom stereocenters. The van der Waals surface area contributed by atoms with Crippen LogP contribution in [0.3, 0.4) is 0 Å². The number of hydrogen-bond acceptors (Lipinski definition) is 3. The van der Waals surface area contributed by atoms with E-state index in [2.05, 4.69) is 32.6 Å². The summed E-state index contributed by atoms with van der Waals surface area (Å²) in [5, 5.41) is 8.61. The van der Waals surface area contributed by atoms with Crippen LogP contribution in [0.4, 0.5) is 0 Å². The van der Waals surface area contributed by atoms with Gasteiger partial charge in [-0.05, 0) is 43.5 Å². The van der Waals surface area contributed by atoms with Crippen molar-refractivity contribution in [2.75, 3.05) is 19.8 Å². The Labute approximate surface area is 121 Å². The molecule has 1 aromatic carbocycles. The summed E-state index contributed by atoms with van der Waals surface area (Å²) in [6.07, 6.45) is 1.34. The van der Waals surface area contributed by atoms with Crippen LogP contribution in [0.2, 0.25) is 0 Å². The van der Waals surface area contributed by atoms with E-state index in [-0.39, 0.29) is 12.7 Å². The molecule has 0 spiro atoms. The second kappa shape index (κ2) is 9.41. The Morgan fingerprint density at radius 3 is 2.40 bits per heavy atom. The molecular formula is C17H24O3. The van der Waals surface area contributed by atoms with Crippen molar-refractivity contribution in [1.29, 1.82) is 0 Å². The molecule has 1 aromatic rings. The second-order valence-electron chi connectivity index (χ2n) is 5.14. The summed E-state index contributed by atoms with van der Waals surface area (Å²) >= 11 is 0. The van der Waals surface area contributed by atoms with Crippen LogP contribution in [0, 0.1) is 17.8 Å². The Morgan fingerprint density at radius 1 is 1.10 bits per heavy atom. The van der Waals surface area contributed by atoms with E-state index in [4.69, 9.17) is 14.6 Å². The fourth-order valence-electron chi connectivity index (χ4n) is 1.92. The maximum atomic E-state index is 8.61. The summed E-state index contributed by atoms with van der Waals surface area (Å²) < 4.78 is 11.3. The van der Waals surface area contributed by atoms with Crippen molar-refractivity contribution in [3.63, 3.8) is 0 Å². The lowest BCUT2D eigenvalue weighted by Crippen LogP contribution is -2.16. The molecule has 1 unspecified atom stereocenters. The Hall–Kier alpha value is -1.50. The largest absolute Gasteiger partial charge is 0.491 e. The third-order valence-corrected chi connectivity index (χ3v) is 2.72. The summed E-state index contributed by atoms with van der Waals surface area (Å²) in [4.78, 5) is 0. The number of hydrogen-bond donors (Lipinski definition) is 1. The maximum Gasteiger partial charge on any atom is 0.119 e. The first-order valence-electron chi connectivity index (χ1n) is 7.06. The molecule has 3 heteroatoms. The summed E-state index contributed by atoms with van der Waals surface area (Å²) in [5.41, 5.74) is 0.869. The van der Waals surface area contributed by atoms with E-state index < -0.39 is 0 Å². The molecule has 0 saturated carbocycles. The highest BCUT2D eigenvalue weighted by Crippen LogP contribution is 2.12. The molecule has 110 valence electrons. The van der Waals surface area contributed by atoms with Crippen LogP contribution in [-0.4, -0.2) is 31.0 Å². The highest BCUT2D eigenvalue weighted by molar-refractivity contribution is 5.38. The van der Waals surface area contributed by atoms with Gasteiger partial charge in [0.2, 0.25) is 0 Å². The van der Waals surface area contributed by atoms with Crippen molar-refractivity contribution in [2.24, 2.45) is 5.92 Å². The Balaban J connectivity index is 2.25. The molecule has 0 fully saturated rings. The SMILES string of the molecule is CC(C)CC(C)OCCOc1ccc(C#CCO)cc1. The summed E-state index contributed by atoms with van der Waals surface area (Å²) in [6.45, 7) is 7.50. The van der Waals surface area contributed by atoms with E-state index in [1.807, 2.05) is 24.3 Å². The molecule has 0 saturated heterocycles. The average Bonchev–Trinajstić information content (AvgIpc) is 2.42. The molecule has 0 radical (unpaired) electrons. The molecule has 0 aliphatic rings. The van der Waals surface area contributed by atoms with Crippen molar-refractivity contribution < 1.29 is 14.6 Å². The number of rotatable bonds is 7. The van der Waals surface area contributed by atoms with Crippen LogP contribution in [0.25, 0.3) is 0 Å². The molecule has 0 aromatic heterocycles. The molecule has 0 amide bonds. The monoisotopic (exact) mass is 276 g/mol. The molecule has 0 bridgehead atoms. The van der Waals surface area contributed by atoms with E-state index in [0.29, 0.717) is 19.1 Å². The lowest BCUT2D eigenvalue weighted by atomic mass is 10.1. The van der Waals surface area contributed by atoms with E-state index >= 15 is 0 Å². The van der Waals surface area contributed by atoms with Crippen LogP contribution in [0.5, 0.6) is 5.75 Å². The molecule has 20 heavy (non-hydrogen) atoms. The van der Waals surface area contributed by atoms with Gasteiger partial charge < -0.3 is 14.6 Å². The third-order valence-electron chi connectivity index (χ3n) is 2.72. The zero-order chi connectivity index (χ0) is 14.8. The summed E-state index contributed by atoms with van der Waals surface area (Å²) in [5.74, 6) is 6.91. The average molecular weight is 276 g/mol. The van der Waals surface area contributed by atoms with E-state index in [0.717, 1.165) is 17.7 Å². The third kappa shape index (κ3) is 7.18. The second-order valence-corrected chi connectivity index (χ2v) is 5.14. The molecule has 1 N–H and O–H groups in total. The van der Waals surface area contributed by atoms with Gasteiger partial charge >= 0.3 is 0 Å². The molecule has 0 aliphatic heterocycles. The molecule has 1 rings (SSSR count). The van der Waals surface area contributed by atoms with Gasteiger partial charge in [0.25, 0.3) is 0 Å². The first-order valence-corrected chi connectivity index (χ1v) is 7.06. The standard InChI is InChI=1S/C17H24O3/c1-14(2)13-15(3)19-11-12-20-17-8-6-16(7-9-17)5-4-10-18/h6-9,14-15,18H,10-13H2,1-3H3. The highest BCUT2D eigenvalue weighted by Gasteiger charge is 2.04. The molecule has 0 aliphatic carbocycles. The number of aliphatic hydroxyl groups excluding tert-OH is 1. The van der Waals surface area contributed by atoms with Crippen LogP contribution in [0.1, 0.15) is 32.8 Å². The zero-order valence-corrected chi connectivity index (χ0v) is 12.6. The van der Waals surface area contributed by atoms with Gasteiger partial charge in [0, 0.05) is 5.56 Å². The Morgan fingerprint density at radius 2 is 1.80 bits per heavy atom. The van der Waals surface area contributed by atoms with Gasteiger partial charge in [-0.15, -0.1) is 0 Å². The van der Waals surface area contributed by atoms with Crippen molar-refractivity contribution in [3.8, 4) is 17.6 Å². The van der Waals surface area contributed by atoms with Gasteiger partial charge in [-0.3, -0.25) is 0 Å². The zero-order valence-electron chi connectivity index (χ0n) is 12.6. The topological polar surface area (TPSA) is 38.7 Å². The predicted octanol–water partition coefficient (Wildman–Crippen LogP) is 2.86. The number of ether oxygens (including phenoxy) is 2. The van der Waals surface area contributed by atoms with Gasteiger partial charge in [-0.2, -0.15) is 0 Å². The highest BCUT2D eigenvalue weighted by atomic mass is 16.5. The summed E-state index contributed by atoms with van der Waals surface area (Å²) in [7, 11) is 0. The number of benzene rings is 1. The van der Waals surface area contributed by atoms with Crippen molar-refractivity contribution in [1.82, 2.24) is 0 Å². The van der Waals surface area contributed by atoms with Gasteiger partial charge in [-0.25, -0.2) is 0 Å². The first-order chi connectivity index (χ1) is 9.61. The van der Waals surface area contributed by atoms with E-state index in [1.54, 1.807) is 0 Å². The minimum Gasteiger partial charge on any atom is -0.491 e. The molecule has 3 nitrogen and oxygen atoms in total. The fraction of sp³-hybridized carbons (Fsp3) is 0.529. The van der Waals surface area contributed by atoms with Crippen LogP contribution in [-0.2, 0) is 4.74 Å². The quantitative estimate of drug-likeness (QED) is 0.615. The first kappa shape index (κ1) is 16.6. The van der Waals surface area contributed by atoms with Crippen LogP contribution >= 0.6 is 0 Å². The maximum absolute atomic E-state index is 8.61. The lowest BCUT2D eigenvalue weighted by Gasteiger charge is -2.15. The minimum absolute atomic E-state index is 0.121. The van der Waals surface area contributed by atoms with Gasteiger partial charge in [-0.1, -0.05) is 25.7 Å². The van der Waals surface area contributed by atoms with Crippen molar-refractivity contribution in [3.05, 3.63) is 29.8 Å². The van der Waals surface area contributed by atoms with E-state index in [9.17, 15) is 0 Å². The minimum atomic E-state index is -0.121. The van der Waals surface area contributed by atoms with Crippen LogP contribution < -0.4 is 4.74 Å². The summed E-state index contributed by atoms with van der Waals surface area (Å²) in [6, 6.07) is 7.50. The van der Waals surface area contributed by atoms with E-state index in [1.165, 1.54) is 0 Å². The lowest BCUT2D eigenvalue weighted by molar-refractivity contribution is 0.0331. The normalized spacial score (nSPS) is 11.8. The van der Waals surface area contributed by atoms with Crippen molar-refractivity contribution >= 4 is 0 Å². The fourth-order valence-corrected chi connectivity index (χ4v) is 1.92. The van der Waals surface area contributed by atoms with Gasteiger partial charge in [0.05, 0.1) is 12.7 Å². The van der Waals surface area contributed by atoms with Gasteiger partial charge in [0.15, 0.2) is 0 Å².